The summed E-state index contributed by atoms with van der Waals surface area (Å²) in [4.78, 5) is 0. The summed E-state index contributed by atoms with van der Waals surface area (Å²) in [6, 6.07) is 67.0. The van der Waals surface area contributed by atoms with Gasteiger partial charge >= 0.3 is 0 Å². The van der Waals surface area contributed by atoms with Crippen molar-refractivity contribution in [2.45, 2.75) is 52.4 Å². The zero-order chi connectivity index (χ0) is 44.8. The van der Waals surface area contributed by atoms with Crippen LogP contribution in [0.2, 0.25) is 0 Å². The van der Waals surface area contributed by atoms with Crippen LogP contribution in [0.3, 0.4) is 0 Å². The molecule has 10 aromatic carbocycles. The van der Waals surface area contributed by atoms with Gasteiger partial charge in [0.2, 0.25) is 0 Å². The van der Waals surface area contributed by atoms with Gasteiger partial charge in [-0.25, -0.2) is 0 Å². The molecule has 0 bridgehead atoms. The van der Waals surface area contributed by atoms with E-state index in [0.29, 0.717) is 0 Å². The maximum absolute atomic E-state index is 2.66. The first-order valence-electron chi connectivity index (χ1n) is 23.9. The Labute approximate surface area is 387 Å². The Hall–Kier alpha value is -7.88. The molecule has 0 aliphatic rings. The van der Waals surface area contributed by atoms with Crippen LogP contribution in [0.15, 0.2) is 176 Å². The first-order chi connectivity index (χ1) is 32.5. The van der Waals surface area contributed by atoms with Crippen LogP contribution in [0.4, 0.5) is 0 Å². The molecule has 15 aromatic rings. The largest absolute Gasteiger partial charge is 0.309 e. The molecule has 0 amide bonds. The molecule has 0 radical (unpaired) electrons. The van der Waals surface area contributed by atoms with Gasteiger partial charge in [0.15, 0.2) is 0 Å². The van der Waals surface area contributed by atoms with Gasteiger partial charge in [-0.15, -0.1) is 0 Å². The summed E-state index contributed by atoms with van der Waals surface area (Å²) >= 11 is 0. The highest BCUT2D eigenvalue weighted by atomic mass is 15.0. The third-order valence-electron chi connectivity index (χ3n) is 15.5. The summed E-state index contributed by atoms with van der Waals surface area (Å²) < 4.78 is 7.69. The molecule has 0 unspecified atom stereocenters. The molecule has 0 saturated heterocycles. The van der Waals surface area contributed by atoms with E-state index in [1.165, 1.54) is 147 Å². The number of rotatable bonds is 2. The molecule has 0 aliphatic heterocycles. The minimum atomic E-state index is -0.0721. The molecule has 0 atom stereocenters. The Morgan fingerprint density at radius 1 is 0.313 bits per heavy atom. The number of hydrogen-bond donors (Lipinski definition) is 0. The third kappa shape index (κ3) is 4.76. The van der Waals surface area contributed by atoms with Crippen LogP contribution in [0.1, 0.15) is 52.7 Å². The van der Waals surface area contributed by atoms with Gasteiger partial charge in [0, 0.05) is 70.5 Å². The van der Waals surface area contributed by atoms with E-state index in [1.807, 2.05) is 0 Å². The van der Waals surface area contributed by atoms with Crippen molar-refractivity contribution in [3.8, 4) is 16.8 Å². The molecule has 318 valence electrons. The van der Waals surface area contributed by atoms with Gasteiger partial charge in [-0.1, -0.05) is 145 Å². The maximum Gasteiger partial charge on any atom is 0.0626 e. The zero-order valence-electron chi connectivity index (χ0n) is 38.6. The molecule has 0 fully saturated rings. The predicted octanol–water partition coefficient (Wildman–Crippen LogP) is 17.7. The number of benzene rings is 10. The smallest absolute Gasteiger partial charge is 0.0626 e. The van der Waals surface area contributed by atoms with Crippen molar-refractivity contribution in [3.63, 3.8) is 0 Å². The van der Waals surface area contributed by atoms with Gasteiger partial charge in [0.05, 0.1) is 44.1 Å². The van der Waals surface area contributed by atoms with Crippen molar-refractivity contribution in [2.75, 3.05) is 0 Å². The fourth-order valence-electron chi connectivity index (χ4n) is 12.4. The van der Waals surface area contributed by atoms with Gasteiger partial charge < -0.3 is 13.4 Å². The number of fused-ring (bicyclic) bond motifs is 19. The average Bonchev–Trinajstić information content (AvgIpc) is 4.12. The van der Waals surface area contributed by atoms with E-state index in [-0.39, 0.29) is 10.8 Å². The van der Waals surface area contributed by atoms with Crippen LogP contribution in [-0.2, 0) is 10.8 Å². The molecular formula is C64H47N3. The van der Waals surface area contributed by atoms with E-state index in [0.717, 1.165) is 0 Å². The highest BCUT2D eigenvalue weighted by molar-refractivity contribution is 6.37. The molecule has 67 heavy (non-hydrogen) atoms. The first-order valence-corrected chi connectivity index (χ1v) is 23.9. The van der Waals surface area contributed by atoms with Crippen LogP contribution >= 0.6 is 0 Å². The van der Waals surface area contributed by atoms with Gasteiger partial charge in [-0.05, 0) is 116 Å². The van der Waals surface area contributed by atoms with Crippen LogP contribution in [0.25, 0.3) is 136 Å². The Bertz CT molecular complexity index is 4620. The summed E-state index contributed by atoms with van der Waals surface area (Å²) in [6.45, 7) is 14.2. The topological polar surface area (TPSA) is 13.8 Å². The quantitative estimate of drug-likeness (QED) is 0.164. The van der Waals surface area contributed by atoms with E-state index >= 15 is 0 Å². The molecule has 0 saturated carbocycles. The number of para-hydroxylation sites is 2. The summed E-state index contributed by atoms with van der Waals surface area (Å²) in [5.74, 6) is 0. The molecule has 3 heteroatoms. The second kappa shape index (κ2) is 12.5. The van der Waals surface area contributed by atoms with Crippen molar-refractivity contribution in [1.82, 2.24) is 13.4 Å². The number of aromatic nitrogens is 3. The molecule has 3 nitrogen and oxygen atoms in total. The predicted molar refractivity (Wildman–Crippen MR) is 288 cm³/mol. The fraction of sp³-hybridized carbons (Fsp3) is 0.125. The summed E-state index contributed by atoms with van der Waals surface area (Å²) in [6.07, 6.45) is 0. The second-order valence-corrected chi connectivity index (χ2v) is 21.3. The first kappa shape index (κ1) is 37.4. The summed E-state index contributed by atoms with van der Waals surface area (Å²) in [5, 5.41) is 18.2. The van der Waals surface area contributed by atoms with Crippen LogP contribution in [0.5, 0.6) is 0 Å². The lowest BCUT2D eigenvalue weighted by Crippen LogP contribution is -2.10. The molecular weight excluding hydrogens is 811 g/mol. The lowest BCUT2D eigenvalue weighted by atomic mass is 9.84. The standard InChI is InChI=1S/C64H47N3/c1-63(2,3)39-32-48-45-26-24-36-16-10-13-21-43(36)59(45)66-54-28-29-55-58(57(54)50(34-39)60(48)66)51-35-40(64(4,5)6)33-49-47-30-37-17-11-12-20-42(37)56(62(47)67(55)61(49)51)38-25-27-53-46(31-38)44-22-14-15-23-52(44)65(53)41-18-8-7-9-19-41/h7-35H,1-6H3. The highest BCUT2D eigenvalue weighted by Crippen LogP contribution is 2.52. The second-order valence-electron chi connectivity index (χ2n) is 21.3. The van der Waals surface area contributed by atoms with E-state index in [1.54, 1.807) is 0 Å². The Morgan fingerprint density at radius 2 is 0.821 bits per heavy atom. The van der Waals surface area contributed by atoms with Crippen molar-refractivity contribution in [3.05, 3.63) is 187 Å². The maximum atomic E-state index is 2.66. The SMILES string of the molecule is CC(C)(C)c1cc2c3cc4ccccc4c(-c4ccc5c(c4)c4ccccc4n5-c4ccccc4)c3n3c4ccc5c(c6cc(C(C)(C)C)cc7c8ccc9ccccc9c8n5c76)c4c(c1)c23. The summed E-state index contributed by atoms with van der Waals surface area (Å²) in [7, 11) is 0. The average molecular weight is 858 g/mol. The van der Waals surface area contributed by atoms with Gasteiger partial charge in [-0.2, -0.15) is 0 Å². The van der Waals surface area contributed by atoms with Gasteiger partial charge in [0.25, 0.3) is 0 Å². The van der Waals surface area contributed by atoms with Gasteiger partial charge in [-0.3, -0.25) is 0 Å². The van der Waals surface area contributed by atoms with Crippen molar-refractivity contribution in [1.29, 1.82) is 0 Å². The monoisotopic (exact) mass is 857 g/mol. The molecule has 15 rings (SSSR count). The van der Waals surface area contributed by atoms with Crippen molar-refractivity contribution in [2.24, 2.45) is 0 Å². The molecule has 0 N–H and O–H groups in total. The minimum absolute atomic E-state index is 0.0397. The molecule has 5 heterocycles. The third-order valence-corrected chi connectivity index (χ3v) is 15.5. The van der Waals surface area contributed by atoms with E-state index < -0.39 is 0 Å². The van der Waals surface area contributed by atoms with Gasteiger partial charge in [0.1, 0.15) is 0 Å². The van der Waals surface area contributed by atoms with Crippen LogP contribution in [0, 0.1) is 0 Å². The van der Waals surface area contributed by atoms with E-state index in [9.17, 15) is 0 Å². The van der Waals surface area contributed by atoms with Crippen LogP contribution in [-0.4, -0.2) is 13.4 Å². The molecule has 5 aromatic heterocycles. The zero-order valence-corrected chi connectivity index (χ0v) is 38.6. The normalized spacial score (nSPS) is 13.2. The lowest BCUT2D eigenvalue weighted by molar-refractivity contribution is 0.591. The van der Waals surface area contributed by atoms with E-state index in [4.69, 9.17) is 0 Å². The minimum Gasteiger partial charge on any atom is -0.309 e. The number of hydrogen-bond acceptors (Lipinski definition) is 0. The lowest BCUT2D eigenvalue weighted by Gasteiger charge is -2.20. The van der Waals surface area contributed by atoms with Crippen molar-refractivity contribution < 1.29 is 0 Å². The molecule has 0 aliphatic carbocycles. The molecule has 0 spiro atoms. The summed E-state index contributed by atoms with van der Waals surface area (Å²) in [5.41, 5.74) is 16.4. The Morgan fingerprint density at radius 3 is 1.51 bits per heavy atom. The Balaban J connectivity index is 1.15. The fourth-order valence-corrected chi connectivity index (χ4v) is 12.4. The van der Waals surface area contributed by atoms with Crippen LogP contribution < -0.4 is 0 Å². The van der Waals surface area contributed by atoms with E-state index in [2.05, 4.69) is 231 Å². The highest BCUT2D eigenvalue weighted by Gasteiger charge is 2.30. The number of nitrogens with zero attached hydrogens (tertiary/aromatic N) is 3. The Kier molecular flexibility index (Phi) is 6.97. The van der Waals surface area contributed by atoms with Crippen molar-refractivity contribution >= 4 is 120 Å².